The third kappa shape index (κ3) is 7.53. The molecule has 2 rings (SSSR count). The summed E-state index contributed by atoms with van der Waals surface area (Å²) in [4.78, 5) is 12.8. The van der Waals surface area contributed by atoms with E-state index < -0.39 is 18.4 Å². The van der Waals surface area contributed by atoms with Crippen molar-refractivity contribution in [3.05, 3.63) is 48.5 Å². The van der Waals surface area contributed by atoms with E-state index in [-0.39, 0.29) is 12.1 Å². The van der Waals surface area contributed by atoms with Crippen LogP contribution in [0.25, 0.3) is 11.1 Å². The zero-order valence-electron chi connectivity index (χ0n) is 20.9. The molecule has 32 heavy (non-hydrogen) atoms. The van der Waals surface area contributed by atoms with Gasteiger partial charge in [-0.25, -0.2) is 0 Å². The van der Waals surface area contributed by atoms with Crippen LogP contribution in [0.3, 0.4) is 0 Å². The van der Waals surface area contributed by atoms with Gasteiger partial charge in [0.05, 0.1) is 0 Å². The summed E-state index contributed by atoms with van der Waals surface area (Å²) in [7, 11) is 0. The fourth-order valence-electron chi connectivity index (χ4n) is 4.59. The molecule has 0 fully saturated rings. The monoisotopic (exact) mass is 545 g/mol. The quantitative estimate of drug-likeness (QED) is 0.261. The summed E-state index contributed by atoms with van der Waals surface area (Å²) >= 11 is -2.82. The summed E-state index contributed by atoms with van der Waals surface area (Å²) < 4.78 is 11.6. The van der Waals surface area contributed by atoms with Crippen LogP contribution >= 0.6 is 0 Å². The summed E-state index contributed by atoms with van der Waals surface area (Å²) in [6.45, 7) is 10.8. The zero-order valence-corrected chi connectivity index (χ0v) is 23.7. The third-order valence-electron chi connectivity index (χ3n) is 6.30. The van der Waals surface area contributed by atoms with Gasteiger partial charge in [-0.15, -0.1) is 0 Å². The van der Waals surface area contributed by atoms with Gasteiger partial charge in [-0.2, -0.15) is 0 Å². The number of hydrogen-bond acceptors (Lipinski definition) is 2. The Hall–Kier alpha value is -1.49. The van der Waals surface area contributed by atoms with Gasteiger partial charge in [-0.1, -0.05) is 0 Å². The Labute approximate surface area is 200 Å². The molecule has 3 nitrogen and oxygen atoms in total. The molecular weight excluding hydrogens is 501 g/mol. The number of amides is 1. The zero-order chi connectivity index (χ0) is 23.4. The van der Waals surface area contributed by atoms with E-state index in [0.717, 1.165) is 16.9 Å². The minimum atomic E-state index is -2.82. The van der Waals surface area contributed by atoms with Gasteiger partial charge in [0.15, 0.2) is 0 Å². The first-order valence-corrected chi connectivity index (χ1v) is 20.1. The third-order valence-corrected chi connectivity index (χ3v) is 21.9. The SMILES string of the molecule is CCC[CH2][Sn]([CH2]CCC)([CH2]CCC)[c]1cccc(-c2ccccc2)c1OC(=O)NC(C)C. The Balaban J connectivity index is 2.68. The second-order valence-electron chi connectivity index (χ2n) is 9.33. The van der Waals surface area contributed by atoms with E-state index in [1.54, 1.807) is 0 Å². The standard InChI is InChI=1S/C16H16NO2.3C4H9.Sn/c1-12(2)17-16(18)19-15-11-7-6-10-14(15)13-8-4-3-5-9-13;3*1-3-4-2;/h3-10,12H,1-2H3,(H,17,18);3*1,3-4H2,2H3;. The Kier molecular flexibility index (Phi) is 11.6. The van der Waals surface area contributed by atoms with E-state index in [4.69, 9.17) is 4.74 Å². The fraction of sp³-hybridized carbons (Fsp3) is 0.536. The number of ether oxygens (including phenoxy) is 1. The van der Waals surface area contributed by atoms with Crippen LogP contribution in [0.4, 0.5) is 4.79 Å². The maximum absolute atomic E-state index is 12.8. The van der Waals surface area contributed by atoms with Crippen LogP contribution in [-0.2, 0) is 0 Å². The predicted molar refractivity (Wildman–Crippen MR) is 141 cm³/mol. The van der Waals surface area contributed by atoms with Crippen LogP contribution in [0.2, 0.25) is 13.3 Å². The maximum atomic E-state index is 12.8. The average molecular weight is 544 g/mol. The van der Waals surface area contributed by atoms with Gasteiger partial charge >= 0.3 is 201 Å². The van der Waals surface area contributed by atoms with Crippen molar-refractivity contribution in [2.45, 2.75) is 92.5 Å². The van der Waals surface area contributed by atoms with E-state index in [2.05, 4.69) is 68.6 Å². The molecule has 0 spiro atoms. The van der Waals surface area contributed by atoms with Crippen molar-refractivity contribution in [2.75, 3.05) is 0 Å². The molecule has 0 aliphatic heterocycles. The predicted octanol–water partition coefficient (Wildman–Crippen LogP) is 7.91. The molecule has 0 heterocycles. The summed E-state index contributed by atoms with van der Waals surface area (Å²) in [5.41, 5.74) is 2.16. The Morgan fingerprint density at radius 2 is 1.41 bits per heavy atom. The van der Waals surface area contributed by atoms with Gasteiger partial charge in [-0.05, 0) is 0 Å². The fourth-order valence-corrected chi connectivity index (χ4v) is 21.0. The van der Waals surface area contributed by atoms with Crippen LogP contribution in [0, 0.1) is 0 Å². The minimum absolute atomic E-state index is 0.0448. The molecular formula is C28H43NO2Sn. The first-order chi connectivity index (χ1) is 15.5. The molecule has 2 aromatic rings. The van der Waals surface area contributed by atoms with Gasteiger partial charge in [0.1, 0.15) is 0 Å². The van der Waals surface area contributed by atoms with Gasteiger partial charge in [-0.3, -0.25) is 0 Å². The van der Waals surface area contributed by atoms with Crippen molar-refractivity contribution in [3.8, 4) is 16.9 Å². The summed E-state index contributed by atoms with van der Waals surface area (Å²) in [6, 6.07) is 17.1. The molecule has 1 amide bonds. The Morgan fingerprint density at radius 3 is 1.91 bits per heavy atom. The van der Waals surface area contributed by atoms with Gasteiger partial charge in [0, 0.05) is 0 Å². The number of para-hydroxylation sites is 1. The first kappa shape index (κ1) is 26.8. The topological polar surface area (TPSA) is 38.3 Å². The Bertz CT molecular complexity index is 798. The first-order valence-electron chi connectivity index (χ1n) is 12.6. The van der Waals surface area contributed by atoms with E-state index in [9.17, 15) is 4.79 Å². The summed E-state index contributed by atoms with van der Waals surface area (Å²) in [5.74, 6) is 0.830. The average Bonchev–Trinajstić information content (AvgIpc) is 2.79. The molecule has 0 aromatic heterocycles. The van der Waals surface area contributed by atoms with Crippen molar-refractivity contribution in [2.24, 2.45) is 0 Å². The van der Waals surface area contributed by atoms with E-state index in [0.29, 0.717) is 0 Å². The van der Waals surface area contributed by atoms with Crippen molar-refractivity contribution >= 4 is 28.0 Å². The van der Waals surface area contributed by atoms with Crippen molar-refractivity contribution in [3.63, 3.8) is 0 Å². The van der Waals surface area contributed by atoms with Crippen molar-refractivity contribution in [1.29, 1.82) is 0 Å². The molecule has 0 aliphatic rings. The molecule has 0 aliphatic carbocycles. The molecule has 0 radical (unpaired) electrons. The van der Waals surface area contributed by atoms with Crippen molar-refractivity contribution in [1.82, 2.24) is 5.32 Å². The van der Waals surface area contributed by atoms with E-state index >= 15 is 0 Å². The number of benzene rings is 2. The van der Waals surface area contributed by atoms with Gasteiger partial charge in [0.2, 0.25) is 0 Å². The van der Waals surface area contributed by atoms with Crippen LogP contribution < -0.4 is 13.6 Å². The number of carbonyl (C=O) groups excluding carboxylic acids is 1. The molecule has 0 saturated carbocycles. The number of rotatable bonds is 13. The summed E-state index contributed by atoms with van der Waals surface area (Å²) in [5, 5.41) is 2.94. The second kappa shape index (κ2) is 13.9. The molecule has 2 aromatic carbocycles. The van der Waals surface area contributed by atoms with Gasteiger partial charge < -0.3 is 0 Å². The number of nitrogens with one attached hydrogen (secondary N) is 1. The molecule has 0 unspecified atom stereocenters. The van der Waals surface area contributed by atoms with Crippen LogP contribution in [-0.4, -0.2) is 30.5 Å². The summed E-state index contributed by atoms with van der Waals surface area (Å²) in [6.07, 6.45) is 7.15. The Morgan fingerprint density at radius 1 is 0.844 bits per heavy atom. The number of carbonyl (C=O) groups is 1. The van der Waals surface area contributed by atoms with Crippen molar-refractivity contribution < 1.29 is 9.53 Å². The van der Waals surface area contributed by atoms with Crippen LogP contribution in [0.5, 0.6) is 5.75 Å². The number of unbranched alkanes of at least 4 members (excludes halogenated alkanes) is 3. The molecule has 0 atom stereocenters. The van der Waals surface area contributed by atoms with E-state index in [1.807, 2.05) is 19.9 Å². The molecule has 0 bridgehead atoms. The molecule has 1 N–H and O–H groups in total. The van der Waals surface area contributed by atoms with Crippen LogP contribution in [0.1, 0.15) is 73.1 Å². The normalized spacial score (nSPS) is 11.6. The molecule has 0 saturated heterocycles. The van der Waals surface area contributed by atoms with Crippen LogP contribution in [0.15, 0.2) is 48.5 Å². The number of hydrogen-bond donors (Lipinski definition) is 1. The second-order valence-corrected chi connectivity index (χ2v) is 22.5. The molecule has 176 valence electrons. The van der Waals surface area contributed by atoms with Gasteiger partial charge in [0.25, 0.3) is 0 Å². The van der Waals surface area contributed by atoms with E-state index in [1.165, 1.54) is 55.4 Å². The molecule has 4 heteroatoms.